The minimum Gasteiger partial charge on any atom is -0.324 e. The molecule has 0 unspecified atom stereocenters. The molecule has 0 radical (unpaired) electrons. The SMILES string of the molecule is FC(F)(F)c1cccc2c3nc4nc(nc5[nH]c(nc6nc(nc([nH]3)c12)-c1ccccc1-6)c1ccccc51)-c1ccccc1-4. The smallest absolute Gasteiger partial charge is 0.324 e. The largest absolute Gasteiger partial charge is 0.417 e. The van der Waals surface area contributed by atoms with E-state index in [4.69, 9.17) is 24.9 Å². The minimum absolute atomic E-state index is 0.0121. The van der Waals surface area contributed by atoms with Crippen LogP contribution in [0.2, 0.25) is 0 Å². The number of rotatable bonds is 0. The average Bonchev–Trinajstić information content (AvgIpc) is 3.76. The van der Waals surface area contributed by atoms with Crippen molar-refractivity contribution in [2.75, 3.05) is 0 Å². The highest BCUT2D eigenvalue weighted by molar-refractivity contribution is 6.07. The normalized spacial score (nSPS) is 12.4. The molecule has 0 amide bonds. The zero-order valence-electron chi connectivity index (χ0n) is 22.5. The zero-order chi connectivity index (χ0) is 29.6. The molecule has 8 nitrogen and oxygen atoms in total. The van der Waals surface area contributed by atoms with Gasteiger partial charge in [0, 0.05) is 43.8 Å². The molecule has 0 aliphatic carbocycles. The van der Waals surface area contributed by atoms with Crippen LogP contribution in [0.5, 0.6) is 0 Å². The maximum atomic E-state index is 14.3. The van der Waals surface area contributed by atoms with Crippen LogP contribution >= 0.6 is 0 Å². The summed E-state index contributed by atoms with van der Waals surface area (Å²) >= 11 is 0. The Morgan fingerprint density at radius 2 is 0.795 bits per heavy atom. The number of hydrogen-bond donors (Lipinski definition) is 2. The first-order valence-corrected chi connectivity index (χ1v) is 13.7. The quantitative estimate of drug-likeness (QED) is 0.188. The van der Waals surface area contributed by atoms with E-state index < -0.39 is 11.7 Å². The standard InChI is InChI=1S/C33H17F3N8/c34-33(35,36)23-15-7-14-22-24(23)32-43-30-21-13-6-5-12-20(21)28(41-30)39-26-17-9-2-1-8-16(17)25(37-26)38-27-18-10-3-4-11-19(18)29(40-27)42-31(22)44-32/h1-15H,(H2,37,38,39,40,41,42,43,44). The molecule has 7 aromatic rings. The van der Waals surface area contributed by atoms with E-state index in [-0.39, 0.29) is 27.9 Å². The molecule has 0 saturated carbocycles. The number of nitrogens with one attached hydrogen (secondary N) is 2. The van der Waals surface area contributed by atoms with Crippen molar-refractivity contribution >= 4 is 44.1 Å². The highest BCUT2D eigenvalue weighted by Crippen LogP contribution is 2.40. The highest BCUT2D eigenvalue weighted by Gasteiger charge is 2.34. The minimum atomic E-state index is -4.63. The van der Waals surface area contributed by atoms with E-state index in [9.17, 15) is 13.2 Å². The summed E-state index contributed by atoms with van der Waals surface area (Å²) in [5, 5.41) is 1.83. The van der Waals surface area contributed by atoms with E-state index in [1.165, 1.54) is 6.07 Å². The Kier molecular flexibility index (Phi) is 4.91. The van der Waals surface area contributed by atoms with Gasteiger partial charge in [-0.3, -0.25) is 0 Å². The van der Waals surface area contributed by atoms with Crippen molar-refractivity contribution in [2.24, 2.45) is 0 Å². The van der Waals surface area contributed by atoms with Gasteiger partial charge in [-0.05, 0) is 6.07 Å². The summed E-state index contributed by atoms with van der Waals surface area (Å²) in [7, 11) is 0. The number of fused-ring (bicyclic) bond motifs is 20. The predicted molar refractivity (Wildman–Crippen MR) is 161 cm³/mol. The number of aromatic amines is 2. The molecule has 4 aromatic carbocycles. The molecule has 9 rings (SSSR count). The summed E-state index contributed by atoms with van der Waals surface area (Å²) in [5.41, 5.74) is 3.26. The highest BCUT2D eigenvalue weighted by atomic mass is 19.4. The average molecular weight is 583 g/mol. The van der Waals surface area contributed by atoms with Crippen LogP contribution in [0.15, 0.2) is 91.0 Å². The molecule has 0 spiro atoms. The van der Waals surface area contributed by atoms with Gasteiger partial charge in [-0.1, -0.05) is 84.9 Å². The fraction of sp³-hybridized carbons (Fsp3) is 0.0303. The molecule has 0 saturated heterocycles. The predicted octanol–water partition coefficient (Wildman–Crippen LogP) is 7.89. The second-order valence-corrected chi connectivity index (χ2v) is 10.5. The molecule has 11 heteroatoms. The van der Waals surface area contributed by atoms with Gasteiger partial charge in [0.2, 0.25) is 0 Å². The molecule has 2 aliphatic heterocycles. The van der Waals surface area contributed by atoms with Crippen molar-refractivity contribution < 1.29 is 13.2 Å². The van der Waals surface area contributed by atoms with Crippen molar-refractivity contribution in [3.63, 3.8) is 0 Å². The van der Waals surface area contributed by atoms with Gasteiger partial charge in [-0.2, -0.15) is 13.2 Å². The Morgan fingerprint density at radius 3 is 1.27 bits per heavy atom. The van der Waals surface area contributed by atoms with Crippen molar-refractivity contribution in [2.45, 2.75) is 6.18 Å². The number of benzene rings is 4. The molecule has 44 heavy (non-hydrogen) atoms. The number of nitrogens with zero attached hydrogens (tertiary/aromatic N) is 6. The van der Waals surface area contributed by atoms with E-state index in [0.717, 1.165) is 22.4 Å². The van der Waals surface area contributed by atoms with E-state index in [2.05, 4.69) is 15.0 Å². The molecule has 0 atom stereocenters. The molecule has 5 heterocycles. The van der Waals surface area contributed by atoms with Crippen LogP contribution in [-0.4, -0.2) is 39.9 Å². The molecule has 3 aromatic heterocycles. The lowest BCUT2D eigenvalue weighted by Gasteiger charge is -2.07. The maximum absolute atomic E-state index is 14.3. The van der Waals surface area contributed by atoms with Crippen LogP contribution in [0.4, 0.5) is 13.2 Å². The van der Waals surface area contributed by atoms with Gasteiger partial charge in [0.25, 0.3) is 0 Å². The molecule has 2 aliphatic rings. The molecule has 8 bridgehead atoms. The van der Waals surface area contributed by atoms with Crippen molar-refractivity contribution in [1.82, 2.24) is 39.9 Å². The Balaban J connectivity index is 1.52. The summed E-state index contributed by atoms with van der Waals surface area (Å²) in [6, 6.07) is 26.6. The van der Waals surface area contributed by atoms with Crippen LogP contribution in [0, 0.1) is 0 Å². The van der Waals surface area contributed by atoms with E-state index in [1.807, 2.05) is 72.8 Å². The van der Waals surface area contributed by atoms with Gasteiger partial charge in [0.1, 0.15) is 22.6 Å². The van der Waals surface area contributed by atoms with Crippen molar-refractivity contribution in [1.29, 1.82) is 0 Å². The maximum Gasteiger partial charge on any atom is 0.417 e. The Morgan fingerprint density at radius 1 is 0.409 bits per heavy atom. The lowest BCUT2D eigenvalue weighted by Crippen LogP contribution is -2.05. The first kappa shape index (κ1) is 24.6. The fourth-order valence-electron chi connectivity index (χ4n) is 5.93. The van der Waals surface area contributed by atoms with E-state index >= 15 is 0 Å². The van der Waals surface area contributed by atoms with Gasteiger partial charge in [-0.25, -0.2) is 29.9 Å². The number of aromatic nitrogens is 8. The van der Waals surface area contributed by atoms with E-state index in [1.54, 1.807) is 6.07 Å². The third-order valence-electron chi connectivity index (χ3n) is 7.88. The van der Waals surface area contributed by atoms with Gasteiger partial charge in [0.15, 0.2) is 23.3 Å². The second kappa shape index (κ2) is 8.77. The number of H-pyrrole nitrogens is 2. The van der Waals surface area contributed by atoms with Crippen molar-refractivity contribution in [3.05, 3.63) is 96.6 Å². The third kappa shape index (κ3) is 3.59. The lowest BCUT2D eigenvalue weighted by atomic mass is 10.1. The van der Waals surface area contributed by atoms with Crippen LogP contribution in [0.3, 0.4) is 0 Å². The van der Waals surface area contributed by atoms with Crippen LogP contribution in [0.25, 0.3) is 89.7 Å². The second-order valence-electron chi connectivity index (χ2n) is 10.5. The van der Waals surface area contributed by atoms with Crippen molar-refractivity contribution in [3.8, 4) is 45.6 Å². The van der Waals surface area contributed by atoms with Crippen LogP contribution < -0.4 is 0 Å². The molecular weight excluding hydrogens is 565 g/mol. The van der Waals surface area contributed by atoms with Gasteiger partial charge in [-0.15, -0.1) is 0 Å². The summed E-state index contributed by atoms with van der Waals surface area (Å²) in [5.74, 6) is 1.35. The lowest BCUT2D eigenvalue weighted by molar-refractivity contribution is -0.136. The van der Waals surface area contributed by atoms with E-state index in [0.29, 0.717) is 45.5 Å². The van der Waals surface area contributed by atoms with Crippen LogP contribution in [-0.2, 0) is 6.18 Å². The first-order chi connectivity index (χ1) is 21.4. The monoisotopic (exact) mass is 582 g/mol. The number of alkyl halides is 3. The van der Waals surface area contributed by atoms with Gasteiger partial charge >= 0.3 is 6.18 Å². The summed E-state index contributed by atoms with van der Waals surface area (Å²) in [4.78, 5) is 35.1. The first-order valence-electron chi connectivity index (χ1n) is 13.7. The third-order valence-corrected chi connectivity index (χ3v) is 7.88. The molecule has 2 N–H and O–H groups in total. The number of hydrogen-bond acceptors (Lipinski definition) is 6. The summed E-state index contributed by atoms with van der Waals surface area (Å²) in [6.45, 7) is 0. The summed E-state index contributed by atoms with van der Waals surface area (Å²) < 4.78 is 43.0. The Labute approximate surface area is 245 Å². The fourth-order valence-corrected chi connectivity index (χ4v) is 5.93. The van der Waals surface area contributed by atoms with Gasteiger partial charge in [0.05, 0.1) is 5.56 Å². The molecular formula is C33H17F3N8. The molecule has 0 fully saturated rings. The topological polar surface area (TPSA) is 109 Å². The Hall–Kier alpha value is -5.97. The Bertz CT molecular complexity index is 2510. The van der Waals surface area contributed by atoms with Crippen LogP contribution in [0.1, 0.15) is 5.56 Å². The number of halogens is 3. The summed E-state index contributed by atoms with van der Waals surface area (Å²) in [6.07, 6.45) is -4.63. The zero-order valence-corrected chi connectivity index (χ0v) is 22.5. The molecule has 210 valence electrons. The van der Waals surface area contributed by atoms with Gasteiger partial charge < -0.3 is 9.97 Å².